The van der Waals surface area contributed by atoms with Gasteiger partial charge in [0.2, 0.25) is 5.91 Å². The van der Waals surface area contributed by atoms with Crippen LogP contribution in [-0.4, -0.2) is 38.1 Å². The molecule has 0 atom stereocenters. The van der Waals surface area contributed by atoms with E-state index in [0.29, 0.717) is 6.54 Å². The lowest BCUT2D eigenvalue weighted by Crippen LogP contribution is -2.37. The molecule has 0 fully saturated rings. The molecule has 144 valence electrons. The summed E-state index contributed by atoms with van der Waals surface area (Å²) in [4.78, 5) is 14.8. The fourth-order valence-electron chi connectivity index (χ4n) is 3.80. The summed E-state index contributed by atoms with van der Waals surface area (Å²) < 4.78 is 10.8. The van der Waals surface area contributed by atoms with Crippen LogP contribution in [0.3, 0.4) is 0 Å². The topological polar surface area (TPSA) is 50.8 Å². The number of ether oxygens (including phenoxy) is 2. The van der Waals surface area contributed by atoms with Gasteiger partial charge in [-0.2, -0.15) is 0 Å². The van der Waals surface area contributed by atoms with Crippen molar-refractivity contribution in [2.45, 2.75) is 13.0 Å². The van der Waals surface area contributed by atoms with Crippen molar-refractivity contribution in [1.82, 2.24) is 4.90 Å². The van der Waals surface area contributed by atoms with E-state index in [-0.39, 0.29) is 5.91 Å². The fraction of sp³-hybridized carbons (Fsp3) is 0.261. The first-order valence-electron chi connectivity index (χ1n) is 9.41. The summed E-state index contributed by atoms with van der Waals surface area (Å²) in [7, 11) is 3.29. The summed E-state index contributed by atoms with van der Waals surface area (Å²) in [5.74, 6) is 1.48. The quantitative estimate of drug-likeness (QED) is 0.735. The van der Waals surface area contributed by atoms with Gasteiger partial charge in [0.15, 0.2) is 11.5 Å². The molecule has 1 N–H and O–H groups in total. The third-order valence-electron chi connectivity index (χ3n) is 5.23. The molecular weight excluding hydrogens is 352 g/mol. The normalized spacial score (nSPS) is 13.8. The van der Waals surface area contributed by atoms with Gasteiger partial charge in [-0.25, -0.2) is 0 Å². The van der Waals surface area contributed by atoms with E-state index in [1.807, 2.05) is 54.6 Å². The first-order valence-corrected chi connectivity index (χ1v) is 9.41. The van der Waals surface area contributed by atoms with E-state index in [9.17, 15) is 4.79 Å². The zero-order valence-electron chi connectivity index (χ0n) is 16.2. The van der Waals surface area contributed by atoms with Gasteiger partial charge in [0.1, 0.15) is 0 Å². The van der Waals surface area contributed by atoms with Crippen LogP contribution in [0.15, 0.2) is 54.6 Å². The Morgan fingerprint density at radius 1 is 1.00 bits per heavy atom. The number of benzene rings is 3. The Morgan fingerprint density at radius 3 is 2.50 bits per heavy atom. The minimum atomic E-state index is 0.000259. The third kappa shape index (κ3) is 3.66. The summed E-state index contributed by atoms with van der Waals surface area (Å²) in [6.45, 7) is 1.92. The second-order valence-corrected chi connectivity index (χ2v) is 7.01. The summed E-state index contributed by atoms with van der Waals surface area (Å²) in [6.07, 6.45) is 0.886. The van der Waals surface area contributed by atoms with Crippen LogP contribution in [0.5, 0.6) is 11.5 Å². The number of carbonyl (C=O) groups excluding carboxylic acids is 1. The van der Waals surface area contributed by atoms with Crippen LogP contribution < -0.4 is 14.8 Å². The van der Waals surface area contributed by atoms with E-state index < -0.39 is 0 Å². The molecule has 1 amide bonds. The number of amides is 1. The predicted molar refractivity (Wildman–Crippen MR) is 111 cm³/mol. The second-order valence-electron chi connectivity index (χ2n) is 7.01. The van der Waals surface area contributed by atoms with Crippen LogP contribution in [0.25, 0.3) is 10.8 Å². The van der Waals surface area contributed by atoms with Crippen LogP contribution >= 0.6 is 0 Å². The van der Waals surface area contributed by atoms with Gasteiger partial charge in [0.05, 0.1) is 20.8 Å². The molecule has 1 aliphatic heterocycles. The average molecular weight is 376 g/mol. The molecule has 1 heterocycles. The van der Waals surface area contributed by atoms with Gasteiger partial charge in [-0.1, -0.05) is 36.4 Å². The fourth-order valence-corrected chi connectivity index (χ4v) is 3.80. The molecule has 0 unspecified atom stereocenters. The summed E-state index contributed by atoms with van der Waals surface area (Å²) in [5.41, 5.74) is 3.29. The minimum Gasteiger partial charge on any atom is -0.493 e. The zero-order chi connectivity index (χ0) is 19.5. The lowest BCUT2D eigenvalue weighted by Gasteiger charge is -2.29. The lowest BCUT2D eigenvalue weighted by atomic mass is 9.99. The maximum atomic E-state index is 12.7. The molecule has 0 radical (unpaired) electrons. The second kappa shape index (κ2) is 7.90. The highest BCUT2D eigenvalue weighted by atomic mass is 16.5. The molecule has 5 nitrogen and oxygen atoms in total. The first-order chi connectivity index (χ1) is 13.7. The van der Waals surface area contributed by atoms with Gasteiger partial charge in [-0.3, -0.25) is 9.69 Å². The Bertz CT molecular complexity index is 1010. The van der Waals surface area contributed by atoms with Crippen molar-refractivity contribution in [2.75, 3.05) is 32.6 Å². The standard InChI is InChI=1S/C23H24N2O3/c1-27-21-12-17-10-11-25(14-18(17)13-22(21)28-2)15-23(26)24-20-9-5-7-16-6-3-4-8-19(16)20/h3-9,12-13H,10-11,14-15H2,1-2H3,(H,24,26). The van der Waals surface area contributed by atoms with Gasteiger partial charge in [0, 0.05) is 24.2 Å². The highest BCUT2D eigenvalue weighted by Crippen LogP contribution is 2.33. The molecular formula is C23H24N2O3. The van der Waals surface area contributed by atoms with Crippen LogP contribution in [0.4, 0.5) is 5.69 Å². The Balaban J connectivity index is 1.46. The Labute approximate surface area is 164 Å². The number of hydrogen-bond donors (Lipinski definition) is 1. The number of carbonyl (C=O) groups is 1. The Hall–Kier alpha value is -3.05. The predicted octanol–water partition coefficient (Wildman–Crippen LogP) is 3.85. The SMILES string of the molecule is COc1cc2c(cc1OC)CN(CC(=O)Nc1cccc3ccccc13)CC2. The highest BCUT2D eigenvalue weighted by Gasteiger charge is 2.21. The largest absolute Gasteiger partial charge is 0.493 e. The number of rotatable bonds is 5. The van der Waals surface area contributed by atoms with Crippen LogP contribution in [0, 0.1) is 0 Å². The number of nitrogens with one attached hydrogen (secondary N) is 1. The molecule has 0 aromatic heterocycles. The first kappa shape index (κ1) is 18.3. The molecule has 0 saturated carbocycles. The Kier molecular flexibility index (Phi) is 5.17. The molecule has 28 heavy (non-hydrogen) atoms. The van der Waals surface area contributed by atoms with Crippen molar-refractivity contribution >= 4 is 22.4 Å². The number of hydrogen-bond acceptors (Lipinski definition) is 4. The molecule has 3 aromatic rings. The van der Waals surface area contributed by atoms with Gasteiger partial charge >= 0.3 is 0 Å². The van der Waals surface area contributed by atoms with Crippen molar-refractivity contribution < 1.29 is 14.3 Å². The molecule has 5 heteroatoms. The third-order valence-corrected chi connectivity index (χ3v) is 5.23. The van der Waals surface area contributed by atoms with Gasteiger partial charge in [0.25, 0.3) is 0 Å². The summed E-state index contributed by atoms with van der Waals surface area (Å²) >= 11 is 0. The monoisotopic (exact) mass is 376 g/mol. The zero-order valence-corrected chi connectivity index (χ0v) is 16.2. The van der Waals surface area contributed by atoms with Crippen molar-refractivity contribution in [3.8, 4) is 11.5 Å². The van der Waals surface area contributed by atoms with E-state index in [0.717, 1.165) is 47.5 Å². The minimum absolute atomic E-state index is 0.000259. The van der Waals surface area contributed by atoms with Crippen molar-refractivity contribution in [1.29, 1.82) is 0 Å². The van der Waals surface area contributed by atoms with Crippen molar-refractivity contribution in [3.63, 3.8) is 0 Å². The molecule has 4 rings (SSSR count). The molecule has 0 spiro atoms. The average Bonchev–Trinajstić information content (AvgIpc) is 2.73. The van der Waals surface area contributed by atoms with Gasteiger partial charge in [-0.05, 0) is 41.1 Å². The van der Waals surface area contributed by atoms with E-state index in [4.69, 9.17) is 9.47 Å². The summed E-state index contributed by atoms with van der Waals surface area (Å²) in [6, 6.07) is 18.1. The molecule has 0 aliphatic carbocycles. The molecule has 3 aromatic carbocycles. The Morgan fingerprint density at radius 2 is 1.71 bits per heavy atom. The molecule has 0 bridgehead atoms. The maximum Gasteiger partial charge on any atom is 0.238 e. The van der Waals surface area contributed by atoms with Gasteiger partial charge in [-0.15, -0.1) is 0 Å². The smallest absolute Gasteiger partial charge is 0.238 e. The van der Waals surface area contributed by atoms with Gasteiger partial charge < -0.3 is 14.8 Å². The van der Waals surface area contributed by atoms with Crippen LogP contribution in [-0.2, 0) is 17.8 Å². The number of methoxy groups -OCH3 is 2. The highest BCUT2D eigenvalue weighted by molar-refractivity contribution is 6.02. The molecule has 1 aliphatic rings. The molecule has 0 saturated heterocycles. The van der Waals surface area contributed by atoms with Crippen LogP contribution in [0.1, 0.15) is 11.1 Å². The number of nitrogens with zero attached hydrogens (tertiary/aromatic N) is 1. The van der Waals surface area contributed by atoms with Crippen LogP contribution in [0.2, 0.25) is 0 Å². The summed E-state index contributed by atoms with van der Waals surface area (Å²) in [5, 5.41) is 5.25. The van der Waals surface area contributed by atoms with Crippen molar-refractivity contribution in [3.05, 3.63) is 65.7 Å². The van der Waals surface area contributed by atoms with Crippen molar-refractivity contribution in [2.24, 2.45) is 0 Å². The maximum absolute atomic E-state index is 12.7. The van der Waals surface area contributed by atoms with E-state index in [2.05, 4.69) is 10.2 Å². The van der Waals surface area contributed by atoms with E-state index >= 15 is 0 Å². The number of fused-ring (bicyclic) bond motifs is 2. The lowest BCUT2D eigenvalue weighted by molar-refractivity contribution is -0.117. The van der Waals surface area contributed by atoms with E-state index in [1.54, 1.807) is 14.2 Å². The number of anilines is 1. The van der Waals surface area contributed by atoms with E-state index in [1.165, 1.54) is 11.1 Å².